The van der Waals surface area contributed by atoms with Crippen molar-refractivity contribution < 1.29 is 14.5 Å². The molecular weight excluding hydrogens is 266 g/mol. The number of hydrogen-bond acceptors (Lipinski definition) is 4. The Balaban J connectivity index is 1.51. The lowest BCUT2D eigenvalue weighted by Crippen LogP contribution is -2.20. The van der Waals surface area contributed by atoms with Gasteiger partial charge in [-0.2, -0.15) is 0 Å². The molecule has 2 aromatic carbocycles. The largest absolute Gasteiger partial charge is 0.497 e. The summed E-state index contributed by atoms with van der Waals surface area (Å²) in [7, 11) is 1.65. The Kier molecular flexibility index (Phi) is 6.74. The molecule has 0 aliphatic heterocycles. The van der Waals surface area contributed by atoms with Gasteiger partial charge in [0.2, 0.25) is 0 Å². The number of nitrogens with one attached hydrogen (secondary N) is 1. The fourth-order valence-corrected chi connectivity index (χ4v) is 1.86. The molecule has 0 atom stereocenters. The average Bonchev–Trinajstić information content (AvgIpc) is 2.55. The molecule has 4 heteroatoms. The van der Waals surface area contributed by atoms with E-state index in [1.807, 2.05) is 42.5 Å². The lowest BCUT2D eigenvalue weighted by molar-refractivity contribution is -0.307. The summed E-state index contributed by atoms with van der Waals surface area (Å²) in [4.78, 5) is 10.2. The van der Waals surface area contributed by atoms with Gasteiger partial charge >= 0.3 is 0 Å². The van der Waals surface area contributed by atoms with Crippen LogP contribution in [0, 0.1) is 0 Å². The van der Waals surface area contributed by atoms with E-state index < -0.39 is 0 Å². The topological polar surface area (TPSA) is 39.7 Å². The number of methoxy groups -OCH3 is 1. The number of benzene rings is 2. The van der Waals surface area contributed by atoms with E-state index in [0.717, 1.165) is 24.3 Å². The molecule has 0 saturated carbocycles. The van der Waals surface area contributed by atoms with Gasteiger partial charge in [0.25, 0.3) is 0 Å². The molecule has 0 unspecified atom stereocenters. The Hall–Kier alpha value is -1.88. The van der Waals surface area contributed by atoms with Crippen LogP contribution < -0.4 is 10.1 Å². The Morgan fingerprint density at radius 2 is 1.62 bits per heavy atom. The summed E-state index contributed by atoms with van der Waals surface area (Å²) in [6, 6.07) is 18.0. The van der Waals surface area contributed by atoms with Crippen LogP contribution >= 0.6 is 0 Å². The van der Waals surface area contributed by atoms with E-state index >= 15 is 0 Å². The molecule has 0 aliphatic carbocycles. The summed E-state index contributed by atoms with van der Waals surface area (Å²) >= 11 is 0. The summed E-state index contributed by atoms with van der Waals surface area (Å²) in [6.07, 6.45) is 0.975. The molecule has 0 heterocycles. The van der Waals surface area contributed by atoms with Crippen LogP contribution in [0.15, 0.2) is 54.6 Å². The number of ether oxygens (including phenoxy) is 1. The van der Waals surface area contributed by atoms with Crippen molar-refractivity contribution >= 4 is 0 Å². The van der Waals surface area contributed by atoms with E-state index in [1.54, 1.807) is 7.11 Å². The van der Waals surface area contributed by atoms with Gasteiger partial charge in [0, 0.05) is 6.54 Å². The second kappa shape index (κ2) is 9.13. The maximum Gasteiger partial charge on any atom is 0.133 e. The van der Waals surface area contributed by atoms with Crippen molar-refractivity contribution in [1.29, 1.82) is 0 Å². The summed E-state index contributed by atoms with van der Waals surface area (Å²) < 4.78 is 5.09. The summed E-state index contributed by atoms with van der Waals surface area (Å²) in [6.45, 7) is 1.66. The van der Waals surface area contributed by atoms with Crippen LogP contribution in [0.1, 0.15) is 11.1 Å². The van der Waals surface area contributed by atoms with Gasteiger partial charge in [-0.05, 0) is 29.7 Å². The molecule has 0 aromatic heterocycles. The van der Waals surface area contributed by atoms with Gasteiger partial charge in [-0.25, -0.2) is 9.78 Å². The third-order valence-corrected chi connectivity index (χ3v) is 3.06. The van der Waals surface area contributed by atoms with E-state index in [4.69, 9.17) is 14.5 Å². The zero-order valence-corrected chi connectivity index (χ0v) is 12.2. The van der Waals surface area contributed by atoms with E-state index in [1.165, 1.54) is 5.56 Å². The van der Waals surface area contributed by atoms with Gasteiger partial charge in [-0.3, -0.25) is 5.32 Å². The van der Waals surface area contributed by atoms with Crippen molar-refractivity contribution in [1.82, 2.24) is 5.32 Å². The highest BCUT2D eigenvalue weighted by Gasteiger charge is 1.96. The Morgan fingerprint density at radius 1 is 0.857 bits per heavy atom. The van der Waals surface area contributed by atoms with Crippen molar-refractivity contribution in [3.63, 3.8) is 0 Å². The predicted molar refractivity (Wildman–Crippen MR) is 81.9 cm³/mol. The van der Waals surface area contributed by atoms with Gasteiger partial charge < -0.3 is 4.74 Å². The van der Waals surface area contributed by atoms with Crippen molar-refractivity contribution in [2.24, 2.45) is 0 Å². The highest BCUT2D eigenvalue weighted by Crippen LogP contribution is 2.11. The summed E-state index contributed by atoms with van der Waals surface area (Å²) in [5.74, 6) is 0.835. The monoisotopic (exact) mass is 287 g/mol. The van der Waals surface area contributed by atoms with E-state index in [-0.39, 0.29) is 0 Å². The van der Waals surface area contributed by atoms with Gasteiger partial charge in [0.1, 0.15) is 19.1 Å². The standard InChI is InChI=1S/C17H21NO3/c1-19-17-9-7-16(8-10-17)13-20-21-14-18-12-11-15-5-3-2-4-6-15/h2-10,18H,11-14H2,1H3. The molecule has 0 aliphatic rings. The smallest absolute Gasteiger partial charge is 0.133 e. The SMILES string of the molecule is COc1ccc(COOCNCCc2ccccc2)cc1. The molecule has 0 amide bonds. The molecule has 1 N–H and O–H groups in total. The van der Waals surface area contributed by atoms with Gasteiger partial charge in [-0.15, -0.1) is 0 Å². The van der Waals surface area contributed by atoms with Crippen molar-refractivity contribution in [2.45, 2.75) is 13.0 Å². The van der Waals surface area contributed by atoms with Crippen LogP contribution in [-0.2, 0) is 22.8 Å². The van der Waals surface area contributed by atoms with Crippen LogP contribution in [0.5, 0.6) is 5.75 Å². The van der Waals surface area contributed by atoms with Gasteiger partial charge in [-0.1, -0.05) is 42.5 Å². The minimum atomic E-state index is 0.378. The van der Waals surface area contributed by atoms with E-state index in [2.05, 4.69) is 17.4 Å². The second-order valence-electron chi connectivity index (χ2n) is 4.61. The molecule has 0 fully saturated rings. The first-order valence-corrected chi connectivity index (χ1v) is 7.00. The third kappa shape index (κ3) is 5.95. The zero-order chi connectivity index (χ0) is 14.8. The lowest BCUT2D eigenvalue weighted by Gasteiger charge is -2.07. The molecule has 112 valence electrons. The van der Waals surface area contributed by atoms with Gasteiger partial charge in [0.05, 0.1) is 7.11 Å². The molecule has 2 rings (SSSR count). The molecule has 21 heavy (non-hydrogen) atoms. The van der Waals surface area contributed by atoms with Crippen LogP contribution in [-0.4, -0.2) is 20.4 Å². The predicted octanol–water partition coefficient (Wildman–Crippen LogP) is 2.93. The van der Waals surface area contributed by atoms with E-state index in [9.17, 15) is 0 Å². The molecular formula is C17H21NO3. The number of rotatable bonds is 9. The number of hydrogen-bond donors (Lipinski definition) is 1. The fourth-order valence-electron chi connectivity index (χ4n) is 1.86. The minimum Gasteiger partial charge on any atom is -0.497 e. The third-order valence-electron chi connectivity index (χ3n) is 3.06. The highest BCUT2D eigenvalue weighted by molar-refractivity contribution is 5.26. The Bertz CT molecular complexity index is 499. The first-order chi connectivity index (χ1) is 10.4. The summed E-state index contributed by atoms with van der Waals surface area (Å²) in [5.41, 5.74) is 2.35. The molecule has 4 nitrogen and oxygen atoms in total. The highest BCUT2D eigenvalue weighted by atomic mass is 17.2. The van der Waals surface area contributed by atoms with Gasteiger partial charge in [0.15, 0.2) is 0 Å². The van der Waals surface area contributed by atoms with Crippen LogP contribution in [0.2, 0.25) is 0 Å². The van der Waals surface area contributed by atoms with Crippen molar-refractivity contribution in [2.75, 3.05) is 20.4 Å². The minimum absolute atomic E-state index is 0.378. The first-order valence-electron chi connectivity index (χ1n) is 7.00. The summed E-state index contributed by atoms with van der Waals surface area (Å²) in [5, 5.41) is 3.17. The normalized spacial score (nSPS) is 10.5. The fraction of sp³-hybridized carbons (Fsp3) is 0.294. The molecule has 0 spiro atoms. The quantitative estimate of drug-likeness (QED) is 0.333. The zero-order valence-electron chi connectivity index (χ0n) is 12.2. The van der Waals surface area contributed by atoms with Crippen LogP contribution in [0.4, 0.5) is 0 Å². The maximum atomic E-state index is 5.14. The average molecular weight is 287 g/mol. The Morgan fingerprint density at radius 3 is 2.33 bits per heavy atom. The molecule has 0 radical (unpaired) electrons. The van der Waals surface area contributed by atoms with Crippen molar-refractivity contribution in [3.8, 4) is 5.75 Å². The van der Waals surface area contributed by atoms with Crippen molar-refractivity contribution in [3.05, 3.63) is 65.7 Å². The second-order valence-corrected chi connectivity index (χ2v) is 4.61. The van der Waals surface area contributed by atoms with E-state index in [0.29, 0.717) is 13.3 Å². The van der Waals surface area contributed by atoms with Crippen LogP contribution in [0.25, 0.3) is 0 Å². The lowest BCUT2D eigenvalue weighted by atomic mass is 10.2. The Labute approximate surface area is 125 Å². The maximum absolute atomic E-state index is 5.14. The molecule has 2 aromatic rings. The molecule has 0 bridgehead atoms. The van der Waals surface area contributed by atoms with Crippen LogP contribution in [0.3, 0.4) is 0 Å². The first kappa shape index (κ1) is 15.5. The molecule has 0 saturated heterocycles.